The van der Waals surface area contributed by atoms with Crippen LogP contribution in [0.1, 0.15) is 21.1 Å². The molecule has 0 atom stereocenters. The number of hydrazine groups is 1. The molecular formula is C13H15ClN4OS. The van der Waals surface area contributed by atoms with Crippen molar-refractivity contribution < 1.29 is 4.79 Å². The van der Waals surface area contributed by atoms with Crippen molar-refractivity contribution in [2.75, 3.05) is 12.5 Å². The van der Waals surface area contributed by atoms with Crippen LogP contribution in [0.15, 0.2) is 23.6 Å². The number of hydrogen-bond donors (Lipinski definition) is 2. The molecule has 0 aliphatic rings. The summed E-state index contributed by atoms with van der Waals surface area (Å²) >= 11 is 7.50. The van der Waals surface area contributed by atoms with Crippen molar-refractivity contribution in [1.29, 1.82) is 0 Å². The summed E-state index contributed by atoms with van der Waals surface area (Å²) in [5.41, 5.74) is 4.36. The molecule has 2 rings (SSSR count). The molecule has 0 saturated heterocycles. The van der Waals surface area contributed by atoms with Gasteiger partial charge in [0, 0.05) is 17.5 Å². The van der Waals surface area contributed by atoms with Crippen LogP contribution in [0, 0.1) is 6.92 Å². The Morgan fingerprint density at radius 1 is 1.55 bits per heavy atom. The summed E-state index contributed by atoms with van der Waals surface area (Å²) in [4.78, 5) is 18.4. The van der Waals surface area contributed by atoms with Gasteiger partial charge in [-0.2, -0.15) is 0 Å². The molecule has 0 saturated carbocycles. The molecule has 0 unspecified atom stereocenters. The zero-order chi connectivity index (χ0) is 14.7. The average Bonchev–Trinajstić information content (AvgIpc) is 2.83. The summed E-state index contributed by atoms with van der Waals surface area (Å²) in [5, 5.41) is 3.41. The summed E-state index contributed by atoms with van der Waals surface area (Å²) in [6.45, 7) is 2.38. The number of amides is 1. The van der Waals surface area contributed by atoms with E-state index in [1.165, 1.54) is 0 Å². The number of halogens is 1. The molecule has 1 aromatic heterocycles. The number of aryl methyl sites for hydroxylation is 1. The van der Waals surface area contributed by atoms with Crippen molar-refractivity contribution in [3.63, 3.8) is 0 Å². The maximum Gasteiger partial charge on any atom is 0.256 e. The van der Waals surface area contributed by atoms with Gasteiger partial charge in [0.2, 0.25) is 0 Å². The van der Waals surface area contributed by atoms with Crippen molar-refractivity contribution in [1.82, 2.24) is 9.88 Å². The summed E-state index contributed by atoms with van der Waals surface area (Å²) in [7, 11) is 1.72. The Morgan fingerprint density at radius 3 is 2.90 bits per heavy atom. The van der Waals surface area contributed by atoms with Crippen LogP contribution in [0.3, 0.4) is 0 Å². The minimum atomic E-state index is -0.161. The Hall–Kier alpha value is -1.63. The fourth-order valence-electron chi connectivity index (χ4n) is 1.82. The van der Waals surface area contributed by atoms with Gasteiger partial charge in [0.1, 0.15) is 0 Å². The number of thiazole rings is 1. The zero-order valence-corrected chi connectivity index (χ0v) is 12.8. The van der Waals surface area contributed by atoms with Crippen LogP contribution in [0.25, 0.3) is 0 Å². The largest absolute Gasteiger partial charge is 0.336 e. The lowest BCUT2D eigenvalue weighted by molar-refractivity contribution is 0.0784. The topological polar surface area (TPSA) is 71.2 Å². The number of nitrogen functional groups attached to an aromatic ring is 1. The summed E-state index contributed by atoms with van der Waals surface area (Å²) in [6.07, 6.45) is 0. The monoisotopic (exact) mass is 310 g/mol. The van der Waals surface area contributed by atoms with Crippen LogP contribution in [-0.2, 0) is 6.54 Å². The van der Waals surface area contributed by atoms with Crippen molar-refractivity contribution in [2.24, 2.45) is 5.84 Å². The van der Waals surface area contributed by atoms with Gasteiger partial charge in [0.05, 0.1) is 28.5 Å². The lowest BCUT2D eigenvalue weighted by Crippen LogP contribution is -2.27. The van der Waals surface area contributed by atoms with Gasteiger partial charge < -0.3 is 10.3 Å². The van der Waals surface area contributed by atoms with Gasteiger partial charge in [0.15, 0.2) is 0 Å². The van der Waals surface area contributed by atoms with E-state index in [4.69, 9.17) is 17.4 Å². The fourth-order valence-corrected chi connectivity index (χ4v) is 2.60. The van der Waals surface area contributed by atoms with E-state index >= 15 is 0 Å². The molecule has 7 heteroatoms. The van der Waals surface area contributed by atoms with Gasteiger partial charge in [-0.3, -0.25) is 10.6 Å². The average molecular weight is 311 g/mol. The SMILES string of the molecule is Cc1nc(CN(C)C(=O)c2cc(Cl)ccc2NN)cs1. The predicted octanol–water partition coefficient (Wildman–Crippen LogP) is 2.66. The fraction of sp³-hybridized carbons (Fsp3) is 0.231. The molecule has 1 amide bonds. The van der Waals surface area contributed by atoms with E-state index in [1.54, 1.807) is 41.5 Å². The number of nitrogens with two attached hydrogens (primary N) is 1. The quantitative estimate of drug-likeness (QED) is 0.673. The molecule has 0 fully saturated rings. The summed E-state index contributed by atoms with van der Waals surface area (Å²) in [5.74, 6) is 5.26. The van der Waals surface area contributed by atoms with Gasteiger partial charge in [0.25, 0.3) is 5.91 Å². The molecule has 0 spiro atoms. The second-order valence-corrected chi connectivity index (χ2v) is 5.85. The minimum Gasteiger partial charge on any atom is -0.336 e. The van der Waals surface area contributed by atoms with E-state index in [-0.39, 0.29) is 5.91 Å². The molecule has 0 radical (unpaired) electrons. The van der Waals surface area contributed by atoms with E-state index in [2.05, 4.69) is 10.4 Å². The molecule has 0 aliphatic carbocycles. The van der Waals surface area contributed by atoms with Crippen LogP contribution in [0.4, 0.5) is 5.69 Å². The molecule has 3 N–H and O–H groups in total. The number of nitrogens with one attached hydrogen (secondary N) is 1. The molecule has 1 heterocycles. The number of rotatable bonds is 4. The first-order chi connectivity index (χ1) is 9.51. The second-order valence-electron chi connectivity index (χ2n) is 4.35. The Morgan fingerprint density at radius 2 is 2.30 bits per heavy atom. The highest BCUT2D eigenvalue weighted by atomic mass is 35.5. The van der Waals surface area contributed by atoms with Crippen LogP contribution in [0.2, 0.25) is 5.02 Å². The highest BCUT2D eigenvalue weighted by Crippen LogP contribution is 2.22. The first-order valence-corrected chi connectivity index (χ1v) is 7.19. The first kappa shape index (κ1) is 14.8. The third-order valence-electron chi connectivity index (χ3n) is 2.78. The van der Waals surface area contributed by atoms with E-state index in [9.17, 15) is 4.79 Å². The standard InChI is InChI=1S/C13H15ClN4OS/c1-8-16-10(7-20-8)6-18(2)13(19)11-5-9(14)3-4-12(11)17-15/h3-5,7,17H,6,15H2,1-2H3. The van der Waals surface area contributed by atoms with Gasteiger partial charge >= 0.3 is 0 Å². The smallest absolute Gasteiger partial charge is 0.256 e. The molecule has 1 aromatic carbocycles. The number of anilines is 1. The van der Waals surface area contributed by atoms with Crippen LogP contribution in [-0.4, -0.2) is 22.8 Å². The number of nitrogens with zero attached hydrogens (tertiary/aromatic N) is 2. The molecule has 106 valence electrons. The first-order valence-electron chi connectivity index (χ1n) is 5.94. The Labute approximate surface area is 126 Å². The molecule has 5 nitrogen and oxygen atoms in total. The molecule has 0 bridgehead atoms. The zero-order valence-electron chi connectivity index (χ0n) is 11.2. The Balaban J connectivity index is 2.20. The lowest BCUT2D eigenvalue weighted by atomic mass is 10.1. The van der Waals surface area contributed by atoms with E-state index in [0.717, 1.165) is 10.7 Å². The maximum atomic E-state index is 12.4. The van der Waals surface area contributed by atoms with Crippen molar-refractivity contribution in [3.05, 3.63) is 44.9 Å². The van der Waals surface area contributed by atoms with Crippen molar-refractivity contribution in [2.45, 2.75) is 13.5 Å². The van der Waals surface area contributed by atoms with E-state index in [0.29, 0.717) is 22.8 Å². The van der Waals surface area contributed by atoms with Crippen molar-refractivity contribution >= 4 is 34.5 Å². The lowest BCUT2D eigenvalue weighted by Gasteiger charge is -2.18. The number of aromatic nitrogens is 1. The van der Waals surface area contributed by atoms with Gasteiger partial charge in [-0.05, 0) is 25.1 Å². The number of benzene rings is 1. The second kappa shape index (κ2) is 6.21. The number of hydrogen-bond acceptors (Lipinski definition) is 5. The van der Waals surface area contributed by atoms with Gasteiger partial charge in [-0.15, -0.1) is 11.3 Å². The number of carbonyl (C=O) groups excluding carboxylic acids is 1. The molecule has 0 aliphatic heterocycles. The highest BCUT2D eigenvalue weighted by molar-refractivity contribution is 7.09. The van der Waals surface area contributed by atoms with Gasteiger partial charge in [-0.25, -0.2) is 4.98 Å². The van der Waals surface area contributed by atoms with Gasteiger partial charge in [-0.1, -0.05) is 11.6 Å². The van der Waals surface area contributed by atoms with Crippen LogP contribution >= 0.6 is 22.9 Å². The Bertz CT molecular complexity index is 629. The maximum absolute atomic E-state index is 12.4. The predicted molar refractivity (Wildman–Crippen MR) is 81.9 cm³/mol. The van der Waals surface area contributed by atoms with E-state index in [1.807, 2.05) is 12.3 Å². The van der Waals surface area contributed by atoms with Crippen molar-refractivity contribution in [3.8, 4) is 0 Å². The van der Waals surface area contributed by atoms with Crippen LogP contribution in [0.5, 0.6) is 0 Å². The molecular weight excluding hydrogens is 296 g/mol. The summed E-state index contributed by atoms with van der Waals surface area (Å²) in [6, 6.07) is 4.95. The Kier molecular flexibility index (Phi) is 4.59. The highest BCUT2D eigenvalue weighted by Gasteiger charge is 2.17. The normalized spacial score (nSPS) is 10.4. The number of carbonyl (C=O) groups is 1. The minimum absolute atomic E-state index is 0.161. The van der Waals surface area contributed by atoms with E-state index < -0.39 is 0 Å². The molecule has 2 aromatic rings. The third kappa shape index (κ3) is 3.27. The molecule has 20 heavy (non-hydrogen) atoms. The summed E-state index contributed by atoms with van der Waals surface area (Å²) < 4.78 is 0. The third-order valence-corrected chi connectivity index (χ3v) is 3.84. The van der Waals surface area contributed by atoms with Crippen LogP contribution < -0.4 is 11.3 Å².